The summed E-state index contributed by atoms with van der Waals surface area (Å²) in [7, 11) is 0. The van der Waals surface area contributed by atoms with Gasteiger partial charge in [-0.25, -0.2) is 0 Å². The van der Waals surface area contributed by atoms with Crippen molar-refractivity contribution in [3.05, 3.63) is 30.5 Å². The molecule has 2 aromatic rings. The zero-order valence-corrected chi connectivity index (χ0v) is 7.52. The minimum Gasteiger partial charge on any atom is -0.507 e. The molecule has 0 amide bonds. The van der Waals surface area contributed by atoms with Crippen molar-refractivity contribution in [1.29, 1.82) is 0 Å². The summed E-state index contributed by atoms with van der Waals surface area (Å²) in [5, 5.41) is 9.69. The van der Waals surface area contributed by atoms with Gasteiger partial charge in [0.2, 0.25) is 0 Å². The molecule has 0 saturated carbocycles. The molecule has 0 fully saturated rings. The van der Waals surface area contributed by atoms with E-state index in [-0.39, 0.29) is 16.9 Å². The summed E-state index contributed by atoms with van der Waals surface area (Å²) in [5.74, 6) is -0.204. The van der Waals surface area contributed by atoms with E-state index in [1.807, 2.05) is 0 Å². The lowest BCUT2D eigenvalue weighted by molar-refractivity contribution is -0.0488. The van der Waals surface area contributed by atoms with Crippen LogP contribution in [0, 0.1) is 0 Å². The first-order valence-corrected chi connectivity index (χ1v) is 4.20. The summed E-state index contributed by atoms with van der Waals surface area (Å²) < 4.78 is 28.4. The molecule has 0 atom stereocenters. The van der Waals surface area contributed by atoms with Crippen LogP contribution in [0.3, 0.4) is 0 Å². The van der Waals surface area contributed by atoms with Gasteiger partial charge in [0.15, 0.2) is 0 Å². The van der Waals surface area contributed by atoms with Gasteiger partial charge in [0.1, 0.15) is 11.5 Å². The molecule has 0 radical (unpaired) electrons. The van der Waals surface area contributed by atoms with Gasteiger partial charge in [-0.1, -0.05) is 6.07 Å². The first-order valence-electron chi connectivity index (χ1n) is 4.20. The number of phenolic OH excluding ortho intramolecular Hbond substituents is 1. The van der Waals surface area contributed by atoms with E-state index in [2.05, 4.69) is 9.72 Å². The van der Waals surface area contributed by atoms with Crippen LogP contribution in [0.5, 0.6) is 11.5 Å². The number of hydrogen-bond acceptors (Lipinski definition) is 3. The van der Waals surface area contributed by atoms with Crippen LogP contribution in [-0.2, 0) is 0 Å². The fourth-order valence-corrected chi connectivity index (χ4v) is 1.35. The Labute approximate surface area is 83.9 Å². The molecule has 3 nitrogen and oxygen atoms in total. The van der Waals surface area contributed by atoms with Crippen molar-refractivity contribution in [3.63, 3.8) is 0 Å². The number of pyridine rings is 1. The van der Waals surface area contributed by atoms with Crippen LogP contribution in [0.4, 0.5) is 8.78 Å². The van der Waals surface area contributed by atoms with E-state index < -0.39 is 6.61 Å². The van der Waals surface area contributed by atoms with Gasteiger partial charge in [-0.05, 0) is 18.2 Å². The molecule has 78 valence electrons. The van der Waals surface area contributed by atoms with Crippen LogP contribution >= 0.6 is 0 Å². The number of fused-ring (bicyclic) bond motifs is 1. The molecule has 2 rings (SSSR count). The maximum absolute atomic E-state index is 12.1. The number of benzene rings is 1. The number of halogens is 2. The molecule has 0 aliphatic rings. The average Bonchev–Trinajstić information content (AvgIpc) is 2.17. The zero-order valence-electron chi connectivity index (χ0n) is 7.52. The van der Waals surface area contributed by atoms with Crippen molar-refractivity contribution in [2.24, 2.45) is 0 Å². The Bertz CT molecular complexity index is 483. The van der Waals surface area contributed by atoms with Crippen LogP contribution < -0.4 is 4.74 Å². The Balaban J connectivity index is 2.63. The third-order valence-electron chi connectivity index (χ3n) is 1.92. The Kier molecular flexibility index (Phi) is 2.37. The van der Waals surface area contributed by atoms with Crippen LogP contribution in [0.15, 0.2) is 30.5 Å². The first-order chi connectivity index (χ1) is 7.18. The highest BCUT2D eigenvalue weighted by Gasteiger charge is 2.11. The van der Waals surface area contributed by atoms with Crippen LogP contribution in [0.25, 0.3) is 10.9 Å². The Morgan fingerprint density at radius 2 is 2.07 bits per heavy atom. The third-order valence-corrected chi connectivity index (χ3v) is 1.92. The Morgan fingerprint density at radius 1 is 1.27 bits per heavy atom. The van der Waals surface area contributed by atoms with E-state index >= 15 is 0 Å². The lowest BCUT2D eigenvalue weighted by atomic mass is 10.2. The smallest absolute Gasteiger partial charge is 0.387 e. The fourth-order valence-electron chi connectivity index (χ4n) is 1.35. The fraction of sp³-hybridized carbons (Fsp3) is 0.100. The number of hydrogen-bond donors (Lipinski definition) is 1. The van der Waals surface area contributed by atoms with Gasteiger partial charge in [-0.3, -0.25) is 4.98 Å². The Hall–Kier alpha value is -1.91. The first kappa shape index (κ1) is 9.64. The number of alkyl halides is 2. The SMILES string of the molecule is Oc1cccc2nccc(OC(F)F)c12. The normalized spacial score (nSPS) is 10.9. The highest BCUT2D eigenvalue weighted by atomic mass is 19.3. The lowest BCUT2D eigenvalue weighted by Crippen LogP contribution is -2.02. The summed E-state index contributed by atoms with van der Waals surface area (Å²) in [6, 6.07) is 5.86. The number of phenols is 1. The minimum atomic E-state index is -2.92. The van der Waals surface area contributed by atoms with Gasteiger partial charge in [-0.15, -0.1) is 0 Å². The molecule has 0 spiro atoms. The van der Waals surface area contributed by atoms with Crippen LogP contribution in [-0.4, -0.2) is 16.7 Å². The number of nitrogens with zero attached hydrogens (tertiary/aromatic N) is 1. The van der Waals surface area contributed by atoms with Crippen LogP contribution in [0.2, 0.25) is 0 Å². The molecule has 0 saturated heterocycles. The number of rotatable bonds is 2. The molecule has 15 heavy (non-hydrogen) atoms. The second-order valence-corrected chi connectivity index (χ2v) is 2.86. The standard InChI is InChI=1S/C10H7F2NO2/c11-10(12)15-8-4-5-13-6-2-1-3-7(14)9(6)8/h1-5,10,14H. The largest absolute Gasteiger partial charge is 0.507 e. The molecule has 1 aromatic carbocycles. The monoisotopic (exact) mass is 211 g/mol. The van der Waals surface area contributed by atoms with E-state index in [4.69, 9.17) is 0 Å². The van der Waals surface area contributed by atoms with Gasteiger partial charge in [-0.2, -0.15) is 8.78 Å². The molecular formula is C10H7F2NO2. The highest BCUT2D eigenvalue weighted by Crippen LogP contribution is 2.32. The van der Waals surface area contributed by atoms with E-state index in [0.29, 0.717) is 5.52 Å². The van der Waals surface area contributed by atoms with E-state index in [1.165, 1.54) is 18.3 Å². The quantitative estimate of drug-likeness (QED) is 0.829. The molecule has 0 bridgehead atoms. The minimum absolute atomic E-state index is 0.0758. The molecular weight excluding hydrogens is 204 g/mol. The van der Waals surface area contributed by atoms with Crippen LogP contribution in [0.1, 0.15) is 0 Å². The van der Waals surface area contributed by atoms with Crippen molar-refractivity contribution < 1.29 is 18.6 Å². The summed E-state index contributed by atoms with van der Waals surface area (Å²) in [5.41, 5.74) is 0.410. The van der Waals surface area contributed by atoms with Gasteiger partial charge in [0, 0.05) is 6.20 Å². The Morgan fingerprint density at radius 3 is 2.80 bits per heavy atom. The van der Waals surface area contributed by atoms with Gasteiger partial charge >= 0.3 is 6.61 Å². The van der Waals surface area contributed by atoms with E-state index in [1.54, 1.807) is 12.1 Å². The second kappa shape index (κ2) is 3.68. The van der Waals surface area contributed by atoms with Crippen molar-refractivity contribution in [2.45, 2.75) is 6.61 Å². The van der Waals surface area contributed by atoms with Crippen molar-refractivity contribution in [1.82, 2.24) is 4.98 Å². The average molecular weight is 211 g/mol. The van der Waals surface area contributed by atoms with Crippen molar-refractivity contribution >= 4 is 10.9 Å². The van der Waals surface area contributed by atoms with Gasteiger partial charge < -0.3 is 9.84 Å². The van der Waals surface area contributed by atoms with E-state index in [0.717, 1.165) is 0 Å². The molecule has 1 N–H and O–H groups in total. The molecule has 5 heteroatoms. The maximum atomic E-state index is 12.1. The topological polar surface area (TPSA) is 42.4 Å². The predicted molar refractivity (Wildman–Crippen MR) is 50.0 cm³/mol. The molecule has 0 unspecified atom stereocenters. The summed E-state index contributed by atoms with van der Waals surface area (Å²) in [4.78, 5) is 3.93. The highest BCUT2D eigenvalue weighted by molar-refractivity contribution is 5.90. The molecule has 0 aliphatic heterocycles. The number of aromatic hydroxyl groups is 1. The summed E-state index contributed by atoms with van der Waals surface area (Å²) >= 11 is 0. The predicted octanol–water partition coefficient (Wildman–Crippen LogP) is 2.54. The molecule has 1 aromatic heterocycles. The van der Waals surface area contributed by atoms with Gasteiger partial charge in [0.25, 0.3) is 0 Å². The van der Waals surface area contributed by atoms with E-state index in [9.17, 15) is 13.9 Å². The number of aromatic nitrogens is 1. The summed E-state index contributed by atoms with van der Waals surface area (Å²) in [6.45, 7) is -2.92. The molecule has 0 aliphatic carbocycles. The van der Waals surface area contributed by atoms with Crippen molar-refractivity contribution in [2.75, 3.05) is 0 Å². The summed E-state index contributed by atoms with van der Waals surface area (Å²) in [6.07, 6.45) is 1.35. The maximum Gasteiger partial charge on any atom is 0.387 e. The number of ether oxygens (including phenoxy) is 1. The molecule has 1 heterocycles. The second-order valence-electron chi connectivity index (χ2n) is 2.86. The van der Waals surface area contributed by atoms with Crippen molar-refractivity contribution in [3.8, 4) is 11.5 Å². The third kappa shape index (κ3) is 1.81. The lowest BCUT2D eigenvalue weighted by Gasteiger charge is -2.08. The van der Waals surface area contributed by atoms with Gasteiger partial charge in [0.05, 0.1) is 10.9 Å². The zero-order chi connectivity index (χ0) is 10.8.